The number of halogens is 5. The first-order chi connectivity index (χ1) is 33.8. The number of benzene rings is 9. The van der Waals surface area contributed by atoms with E-state index in [0.29, 0.717) is 5.69 Å². The fourth-order valence-electron chi connectivity index (χ4n) is 10.3. The molecule has 10 aromatic rings. The normalized spacial score (nSPS) is 13.4. The van der Waals surface area contributed by atoms with Crippen LogP contribution in [0.15, 0.2) is 254 Å². The van der Waals surface area contributed by atoms with Crippen LogP contribution in [0.3, 0.4) is 0 Å². The lowest BCUT2D eigenvalue weighted by Gasteiger charge is -2.35. The number of nitrogens with zero attached hydrogens (tertiary/aromatic N) is 2. The predicted octanol–water partition coefficient (Wildman–Crippen LogP) is 17.6. The zero-order valence-electron chi connectivity index (χ0n) is 37.1. The number of para-hydroxylation sites is 2. The molecule has 0 radical (unpaired) electrons. The van der Waals surface area contributed by atoms with Gasteiger partial charge in [-0.25, -0.2) is 22.0 Å². The summed E-state index contributed by atoms with van der Waals surface area (Å²) in [6, 6.07) is 75.2. The topological polar surface area (TPSA) is 8.17 Å². The smallest absolute Gasteiger partial charge is 0.169 e. The van der Waals surface area contributed by atoms with Gasteiger partial charge < -0.3 is 9.47 Å². The van der Waals surface area contributed by atoms with E-state index in [9.17, 15) is 13.2 Å². The molecule has 0 bridgehead atoms. The molecule has 0 fully saturated rings. The molecule has 69 heavy (non-hydrogen) atoms. The number of anilines is 3. The second kappa shape index (κ2) is 17.6. The lowest BCUT2D eigenvalue weighted by atomic mass is 9.67. The lowest BCUT2D eigenvalue weighted by Crippen LogP contribution is -2.28. The molecule has 9 aromatic carbocycles. The molecule has 0 aliphatic heterocycles. The van der Waals surface area contributed by atoms with Crippen LogP contribution in [0.25, 0.3) is 55.3 Å². The van der Waals surface area contributed by atoms with Crippen LogP contribution in [0, 0.1) is 0 Å². The first-order valence-electron chi connectivity index (χ1n) is 22.6. The Bertz CT molecular complexity index is 3590. The van der Waals surface area contributed by atoms with Crippen LogP contribution < -0.4 is 4.90 Å². The van der Waals surface area contributed by atoms with E-state index in [-0.39, 0.29) is 5.56 Å². The number of aromatic nitrogens is 1. The zero-order chi connectivity index (χ0) is 47.2. The molecule has 0 unspecified atom stereocenters. The third kappa shape index (κ3) is 7.17. The SMILES string of the molecule is C=C(F)/C(F)=C(\C(F)=C(\F)CF)c1ccc(N(c2ccc(-c3ccc4c(c3)c3ccccc3n4-c3ccccc3)cc2)c2ccc3c(c2)C(c2ccccc2)(c2ccccc2)c2ccccc2-3)cc1. The molecule has 1 aromatic heterocycles. The average Bonchev–Trinajstić information content (AvgIpc) is 3.90. The van der Waals surface area contributed by atoms with Gasteiger partial charge >= 0.3 is 0 Å². The first-order valence-corrected chi connectivity index (χ1v) is 22.6. The van der Waals surface area contributed by atoms with E-state index in [1.807, 2.05) is 47.4 Å². The van der Waals surface area contributed by atoms with Crippen LogP contribution in [-0.4, -0.2) is 11.2 Å². The van der Waals surface area contributed by atoms with Crippen molar-refractivity contribution in [3.05, 3.63) is 282 Å². The molecule has 2 nitrogen and oxygen atoms in total. The Morgan fingerprint density at radius 3 is 1.65 bits per heavy atom. The summed E-state index contributed by atoms with van der Waals surface area (Å²) < 4.78 is 74.9. The van der Waals surface area contributed by atoms with Gasteiger partial charge in [0.1, 0.15) is 6.67 Å². The summed E-state index contributed by atoms with van der Waals surface area (Å²) in [5, 5.41) is 2.26. The van der Waals surface area contributed by atoms with E-state index in [1.165, 1.54) is 12.1 Å². The van der Waals surface area contributed by atoms with Crippen LogP contribution in [0.1, 0.15) is 27.8 Å². The third-order valence-electron chi connectivity index (χ3n) is 13.3. The molecule has 0 atom stereocenters. The minimum Gasteiger partial charge on any atom is -0.310 e. The van der Waals surface area contributed by atoms with Gasteiger partial charge in [0.2, 0.25) is 0 Å². The average molecular weight is 909 g/mol. The minimum atomic E-state index is -1.85. The van der Waals surface area contributed by atoms with Crippen molar-refractivity contribution in [1.29, 1.82) is 0 Å². The van der Waals surface area contributed by atoms with E-state index in [2.05, 4.69) is 169 Å². The first kappa shape index (κ1) is 43.0. The Labute approximate surface area is 396 Å². The maximum absolute atomic E-state index is 15.3. The van der Waals surface area contributed by atoms with Crippen molar-refractivity contribution in [3.8, 4) is 27.9 Å². The third-order valence-corrected chi connectivity index (χ3v) is 13.3. The number of rotatable bonds is 11. The van der Waals surface area contributed by atoms with E-state index in [1.54, 1.807) is 12.1 Å². The van der Waals surface area contributed by atoms with Crippen LogP contribution >= 0.6 is 0 Å². The molecule has 11 rings (SSSR count). The molecule has 0 amide bonds. The van der Waals surface area contributed by atoms with Crippen LogP contribution in [-0.2, 0) is 5.41 Å². The second-order valence-corrected chi connectivity index (χ2v) is 17.1. The highest BCUT2D eigenvalue weighted by molar-refractivity contribution is 6.10. The molecule has 0 N–H and O–H groups in total. The molecule has 334 valence electrons. The highest BCUT2D eigenvalue weighted by Gasteiger charge is 2.46. The van der Waals surface area contributed by atoms with E-state index in [0.717, 1.165) is 83.4 Å². The second-order valence-electron chi connectivity index (χ2n) is 17.1. The number of alkyl halides is 1. The summed E-state index contributed by atoms with van der Waals surface area (Å²) in [6.07, 6.45) is 0. The number of allylic oxidation sites excluding steroid dienone is 5. The Kier molecular flexibility index (Phi) is 11.0. The van der Waals surface area contributed by atoms with E-state index in [4.69, 9.17) is 0 Å². The van der Waals surface area contributed by atoms with Gasteiger partial charge in [-0.2, -0.15) is 0 Å². The number of hydrogen-bond acceptors (Lipinski definition) is 1. The predicted molar refractivity (Wildman–Crippen MR) is 272 cm³/mol. The number of fused-ring (bicyclic) bond motifs is 6. The summed E-state index contributed by atoms with van der Waals surface area (Å²) in [4.78, 5) is 2.04. The fraction of sp³-hybridized carbons (Fsp3) is 0.0323. The van der Waals surface area contributed by atoms with Crippen LogP contribution in [0.5, 0.6) is 0 Å². The molecule has 7 heteroatoms. The van der Waals surface area contributed by atoms with Crippen molar-refractivity contribution in [2.24, 2.45) is 0 Å². The summed E-state index contributed by atoms with van der Waals surface area (Å²) in [7, 11) is 0. The Morgan fingerprint density at radius 2 is 1.00 bits per heavy atom. The Hall–Kier alpha value is -8.55. The van der Waals surface area contributed by atoms with Crippen molar-refractivity contribution < 1.29 is 22.0 Å². The fourth-order valence-corrected chi connectivity index (χ4v) is 10.3. The van der Waals surface area contributed by atoms with Crippen molar-refractivity contribution >= 4 is 44.4 Å². The highest BCUT2D eigenvalue weighted by atomic mass is 19.2. The summed E-state index contributed by atoms with van der Waals surface area (Å²) in [5.41, 5.74) is 12.0. The van der Waals surface area contributed by atoms with Gasteiger partial charge in [0, 0.05) is 33.5 Å². The molecule has 1 aliphatic carbocycles. The molecule has 1 heterocycles. The molecule has 0 saturated heterocycles. The van der Waals surface area contributed by atoms with E-state index >= 15 is 8.78 Å². The van der Waals surface area contributed by atoms with Gasteiger partial charge in [0.25, 0.3) is 0 Å². The summed E-state index contributed by atoms with van der Waals surface area (Å²) in [6.45, 7) is 1.12. The van der Waals surface area contributed by atoms with E-state index < -0.39 is 41.0 Å². The minimum absolute atomic E-state index is 0.202. The van der Waals surface area contributed by atoms with Crippen molar-refractivity contribution in [2.45, 2.75) is 5.41 Å². The summed E-state index contributed by atoms with van der Waals surface area (Å²) >= 11 is 0. The highest BCUT2D eigenvalue weighted by Crippen LogP contribution is 2.57. The van der Waals surface area contributed by atoms with Crippen LogP contribution in [0.4, 0.5) is 39.0 Å². The lowest BCUT2D eigenvalue weighted by molar-refractivity contribution is 0.434. The maximum Gasteiger partial charge on any atom is 0.169 e. The van der Waals surface area contributed by atoms with Gasteiger partial charge in [-0.1, -0.05) is 164 Å². The monoisotopic (exact) mass is 908 g/mol. The molecular formula is C62H41F5N2. The molecular weight excluding hydrogens is 868 g/mol. The quantitative estimate of drug-likeness (QED) is 0.0927. The van der Waals surface area contributed by atoms with Gasteiger partial charge in [-0.05, 0) is 117 Å². The van der Waals surface area contributed by atoms with Crippen molar-refractivity contribution in [2.75, 3.05) is 11.6 Å². The standard InChI is InChI=1S/C62H41F5N2/c1-40(64)60(66)59(61(67)56(65)39-63)42-27-32-48(33-28-42)68(47-30-25-41(26-31-47)43-29-36-58-53(37-43)52-22-12-14-24-57(52)69(58)46-19-9-4-10-20-46)49-34-35-51-50-21-11-13-23-54(50)62(55(51)38-49,44-15-5-2-6-16-44)45-17-7-3-8-18-45/h2-38H,1,39H2/b60-59+,61-56-. The van der Waals surface area contributed by atoms with Crippen molar-refractivity contribution in [1.82, 2.24) is 4.57 Å². The van der Waals surface area contributed by atoms with Crippen molar-refractivity contribution in [3.63, 3.8) is 0 Å². The summed E-state index contributed by atoms with van der Waals surface area (Å²) in [5.74, 6) is -7.03. The zero-order valence-corrected chi connectivity index (χ0v) is 37.1. The van der Waals surface area contributed by atoms with Crippen LogP contribution in [0.2, 0.25) is 0 Å². The Balaban J connectivity index is 1.08. The van der Waals surface area contributed by atoms with Gasteiger partial charge in [-0.3, -0.25) is 0 Å². The Morgan fingerprint density at radius 1 is 0.464 bits per heavy atom. The molecule has 1 aliphatic rings. The maximum atomic E-state index is 15.3. The van der Waals surface area contributed by atoms with Gasteiger partial charge in [0.15, 0.2) is 23.3 Å². The largest absolute Gasteiger partial charge is 0.310 e. The van der Waals surface area contributed by atoms with Gasteiger partial charge in [-0.15, -0.1) is 0 Å². The van der Waals surface area contributed by atoms with Gasteiger partial charge in [0.05, 0.1) is 22.0 Å². The molecule has 0 spiro atoms. The number of hydrogen-bond donors (Lipinski definition) is 0. The molecule has 0 saturated carbocycles.